The van der Waals surface area contributed by atoms with Crippen molar-refractivity contribution in [1.82, 2.24) is 0 Å². The number of rotatable bonds is 4. The third-order valence-electron chi connectivity index (χ3n) is 1.66. The fourth-order valence-electron chi connectivity index (χ4n) is 0.996. The molecule has 0 aliphatic rings. The summed E-state index contributed by atoms with van der Waals surface area (Å²) >= 11 is 0. The molecule has 0 bridgehead atoms. The van der Waals surface area contributed by atoms with Crippen LogP contribution in [0.15, 0.2) is 12.2 Å². The number of hydrogen-bond donors (Lipinski definition) is 0. The van der Waals surface area contributed by atoms with Crippen LogP contribution in [0.1, 0.15) is 61.3 Å². The lowest BCUT2D eigenvalue weighted by Gasteiger charge is -2.09. The number of Topliss-reactive ketones (excluding diaryl/α,β-unsaturated/α-hetero) is 1. The lowest BCUT2D eigenvalue weighted by molar-refractivity contribution is -0.120. The van der Waals surface area contributed by atoms with Gasteiger partial charge in [0.05, 0.1) is 0 Å². The minimum atomic E-state index is 0.206. The molecular formula is C13H28O. The Morgan fingerprint density at radius 3 is 1.57 bits per heavy atom. The predicted molar refractivity (Wildman–Crippen MR) is 66.6 cm³/mol. The van der Waals surface area contributed by atoms with Crippen molar-refractivity contribution in [2.75, 3.05) is 0 Å². The van der Waals surface area contributed by atoms with E-state index in [0.717, 1.165) is 18.4 Å². The number of allylic oxidation sites excluding steroid dienone is 1. The van der Waals surface area contributed by atoms with Crippen LogP contribution < -0.4 is 0 Å². The van der Waals surface area contributed by atoms with Gasteiger partial charge in [0, 0.05) is 5.92 Å². The van der Waals surface area contributed by atoms with Crippen LogP contribution in [0.4, 0.5) is 0 Å². The maximum atomic E-state index is 10.9. The zero-order chi connectivity index (χ0) is 12.1. The normalized spacial score (nSPS) is 9.93. The Bertz CT molecular complexity index is 136. The lowest BCUT2D eigenvalue weighted by atomic mass is 9.95. The minimum Gasteiger partial charge on any atom is -0.300 e. The average Bonchev–Trinajstić information content (AvgIpc) is 2.19. The Hall–Kier alpha value is -0.590. The standard InChI is InChI=1S/C9H16O.2C2H6/c1-5-9(8(4)10)6-7(2)3;2*1-2/h9H,2,5-6H2,1,3-4H3;2*1-2H3. The number of hydrogen-bond acceptors (Lipinski definition) is 1. The van der Waals surface area contributed by atoms with Gasteiger partial charge in [-0.3, -0.25) is 4.79 Å². The molecule has 1 unspecified atom stereocenters. The molecule has 0 aliphatic heterocycles. The Labute approximate surface area is 90.6 Å². The summed E-state index contributed by atoms with van der Waals surface area (Å²) in [5.41, 5.74) is 1.10. The number of carbonyl (C=O) groups is 1. The molecule has 0 spiro atoms. The first kappa shape index (κ1) is 19.1. The van der Waals surface area contributed by atoms with E-state index in [4.69, 9.17) is 0 Å². The van der Waals surface area contributed by atoms with Gasteiger partial charge < -0.3 is 0 Å². The molecule has 0 heterocycles. The summed E-state index contributed by atoms with van der Waals surface area (Å²) in [6.07, 6.45) is 1.79. The molecule has 0 saturated heterocycles. The summed E-state index contributed by atoms with van der Waals surface area (Å²) in [6, 6.07) is 0. The number of ketones is 1. The highest BCUT2D eigenvalue weighted by atomic mass is 16.1. The van der Waals surface area contributed by atoms with Gasteiger partial charge in [-0.25, -0.2) is 0 Å². The van der Waals surface area contributed by atoms with Crippen molar-refractivity contribution < 1.29 is 4.79 Å². The van der Waals surface area contributed by atoms with Gasteiger partial charge in [0.15, 0.2) is 0 Å². The Morgan fingerprint density at radius 1 is 1.14 bits per heavy atom. The van der Waals surface area contributed by atoms with Crippen molar-refractivity contribution in [3.63, 3.8) is 0 Å². The van der Waals surface area contributed by atoms with Gasteiger partial charge in [-0.2, -0.15) is 0 Å². The van der Waals surface area contributed by atoms with Crippen molar-refractivity contribution in [2.45, 2.75) is 61.3 Å². The van der Waals surface area contributed by atoms with E-state index in [-0.39, 0.29) is 11.7 Å². The van der Waals surface area contributed by atoms with E-state index in [2.05, 4.69) is 6.58 Å². The van der Waals surface area contributed by atoms with Crippen LogP contribution in [0.2, 0.25) is 0 Å². The molecule has 0 saturated carbocycles. The van der Waals surface area contributed by atoms with Crippen LogP contribution in [-0.2, 0) is 4.79 Å². The largest absolute Gasteiger partial charge is 0.300 e. The van der Waals surface area contributed by atoms with Crippen LogP contribution in [0.25, 0.3) is 0 Å². The Kier molecular flexibility index (Phi) is 20.3. The molecule has 0 fully saturated rings. The fraction of sp³-hybridized carbons (Fsp3) is 0.769. The monoisotopic (exact) mass is 200 g/mol. The molecule has 0 aromatic rings. The maximum absolute atomic E-state index is 10.9. The van der Waals surface area contributed by atoms with E-state index in [1.165, 1.54) is 0 Å². The fourth-order valence-corrected chi connectivity index (χ4v) is 0.996. The molecule has 14 heavy (non-hydrogen) atoms. The second-order valence-corrected chi connectivity index (χ2v) is 2.88. The highest BCUT2D eigenvalue weighted by Gasteiger charge is 2.10. The second kappa shape index (κ2) is 14.9. The first-order valence-electron chi connectivity index (χ1n) is 5.72. The minimum absolute atomic E-state index is 0.206. The molecule has 0 amide bonds. The molecule has 0 radical (unpaired) electrons. The van der Waals surface area contributed by atoms with Crippen LogP contribution in [0.3, 0.4) is 0 Å². The highest BCUT2D eigenvalue weighted by molar-refractivity contribution is 5.78. The quantitative estimate of drug-likeness (QED) is 0.605. The van der Waals surface area contributed by atoms with E-state index >= 15 is 0 Å². The number of carbonyl (C=O) groups excluding carboxylic acids is 1. The zero-order valence-corrected chi connectivity index (χ0v) is 11.1. The van der Waals surface area contributed by atoms with Gasteiger partial charge in [0.1, 0.15) is 5.78 Å². The third-order valence-corrected chi connectivity index (χ3v) is 1.66. The van der Waals surface area contributed by atoms with Gasteiger partial charge in [-0.15, -0.1) is 6.58 Å². The van der Waals surface area contributed by atoms with Crippen molar-refractivity contribution >= 4 is 5.78 Å². The van der Waals surface area contributed by atoms with Crippen LogP contribution in [0, 0.1) is 5.92 Å². The second-order valence-electron chi connectivity index (χ2n) is 2.88. The molecule has 1 atom stereocenters. The molecule has 0 N–H and O–H groups in total. The maximum Gasteiger partial charge on any atom is 0.133 e. The molecule has 0 rings (SSSR count). The summed E-state index contributed by atoms with van der Waals surface area (Å²) in [7, 11) is 0. The van der Waals surface area contributed by atoms with Crippen molar-refractivity contribution in [1.29, 1.82) is 0 Å². The van der Waals surface area contributed by atoms with Crippen LogP contribution in [-0.4, -0.2) is 5.78 Å². The topological polar surface area (TPSA) is 17.1 Å². The molecular weight excluding hydrogens is 172 g/mol. The molecule has 1 nitrogen and oxygen atoms in total. The molecule has 1 heteroatoms. The third kappa shape index (κ3) is 14.0. The molecule has 0 aliphatic carbocycles. The average molecular weight is 200 g/mol. The van der Waals surface area contributed by atoms with Gasteiger partial charge in [0.25, 0.3) is 0 Å². The first-order valence-corrected chi connectivity index (χ1v) is 5.72. The molecule has 0 aromatic carbocycles. The lowest BCUT2D eigenvalue weighted by Crippen LogP contribution is -2.09. The summed E-state index contributed by atoms with van der Waals surface area (Å²) in [4.78, 5) is 10.9. The summed E-state index contributed by atoms with van der Waals surface area (Å²) < 4.78 is 0. The SMILES string of the molecule is C=C(C)CC(CC)C(C)=O.CC.CC. The van der Waals surface area contributed by atoms with Crippen LogP contribution >= 0.6 is 0 Å². The van der Waals surface area contributed by atoms with E-state index in [1.807, 2.05) is 41.5 Å². The molecule has 0 aromatic heterocycles. The van der Waals surface area contributed by atoms with Gasteiger partial charge in [-0.05, 0) is 26.7 Å². The Balaban J connectivity index is -0.000000266. The van der Waals surface area contributed by atoms with Gasteiger partial charge >= 0.3 is 0 Å². The van der Waals surface area contributed by atoms with E-state index in [1.54, 1.807) is 6.92 Å². The van der Waals surface area contributed by atoms with Gasteiger partial charge in [-0.1, -0.05) is 40.2 Å². The summed E-state index contributed by atoms with van der Waals surface area (Å²) in [5, 5.41) is 0. The summed E-state index contributed by atoms with van der Waals surface area (Å²) in [5.74, 6) is 0.489. The zero-order valence-electron chi connectivity index (χ0n) is 11.1. The van der Waals surface area contributed by atoms with E-state index < -0.39 is 0 Å². The predicted octanol–water partition coefficient (Wildman–Crippen LogP) is 4.62. The Morgan fingerprint density at radius 2 is 1.50 bits per heavy atom. The first-order chi connectivity index (χ1) is 6.57. The van der Waals surface area contributed by atoms with Crippen molar-refractivity contribution in [2.24, 2.45) is 5.92 Å². The highest BCUT2D eigenvalue weighted by Crippen LogP contribution is 2.13. The summed E-state index contributed by atoms with van der Waals surface area (Å²) in [6.45, 7) is 17.4. The van der Waals surface area contributed by atoms with Crippen molar-refractivity contribution in [3.8, 4) is 0 Å². The van der Waals surface area contributed by atoms with E-state index in [9.17, 15) is 4.79 Å². The van der Waals surface area contributed by atoms with E-state index in [0.29, 0.717) is 0 Å². The molecule has 86 valence electrons. The van der Waals surface area contributed by atoms with Crippen molar-refractivity contribution in [3.05, 3.63) is 12.2 Å². The smallest absolute Gasteiger partial charge is 0.133 e. The van der Waals surface area contributed by atoms with Crippen LogP contribution in [0.5, 0.6) is 0 Å². The van der Waals surface area contributed by atoms with Gasteiger partial charge in [0.2, 0.25) is 0 Å².